The second-order valence-electron chi connectivity index (χ2n) is 6.20. The summed E-state index contributed by atoms with van der Waals surface area (Å²) in [6.07, 6.45) is 2.68. The van der Waals surface area contributed by atoms with Gasteiger partial charge in [-0.15, -0.1) is 13.2 Å². The number of ether oxygens (including phenoxy) is 1. The van der Waals surface area contributed by atoms with E-state index in [0.29, 0.717) is 15.7 Å². The average Bonchev–Trinajstić information content (AvgIpc) is 2.75. The van der Waals surface area contributed by atoms with Crippen LogP contribution in [0.3, 0.4) is 0 Å². The number of carbonyl (C=O) groups is 2. The van der Waals surface area contributed by atoms with Crippen LogP contribution in [0.15, 0.2) is 64.0 Å². The molecule has 0 bridgehead atoms. The van der Waals surface area contributed by atoms with Crippen LogP contribution in [-0.2, 0) is 35.7 Å². The van der Waals surface area contributed by atoms with Gasteiger partial charge in [-0.3, -0.25) is 4.79 Å². The van der Waals surface area contributed by atoms with Crippen molar-refractivity contribution < 1.29 is 14.3 Å². The van der Waals surface area contributed by atoms with E-state index < -0.39 is 35.5 Å². The molecule has 0 spiro atoms. The van der Waals surface area contributed by atoms with Crippen molar-refractivity contribution in [3.63, 3.8) is 0 Å². The van der Waals surface area contributed by atoms with Crippen molar-refractivity contribution in [3.05, 3.63) is 92.2 Å². The van der Waals surface area contributed by atoms with Crippen molar-refractivity contribution >= 4 is 11.9 Å². The fourth-order valence-electron chi connectivity index (χ4n) is 2.67. The Bertz CT molecular complexity index is 1090. The van der Waals surface area contributed by atoms with E-state index in [-0.39, 0.29) is 19.6 Å². The lowest BCUT2D eigenvalue weighted by Gasteiger charge is -2.12. The molecule has 1 aromatic heterocycles. The number of nitrogens with zero attached hydrogens (tertiary/aromatic N) is 3. The monoisotopic (exact) mass is 414 g/mol. The summed E-state index contributed by atoms with van der Waals surface area (Å²) in [5.41, 5.74) is -1.53. The molecule has 0 saturated carbocycles. The zero-order valence-corrected chi connectivity index (χ0v) is 16.5. The van der Waals surface area contributed by atoms with E-state index in [1.807, 2.05) is 0 Å². The normalized spacial score (nSPS) is 10.3. The number of methoxy groups -OCH3 is 1. The van der Waals surface area contributed by atoms with Crippen LogP contribution in [0.2, 0.25) is 0 Å². The largest absolute Gasteiger partial charge is 0.465 e. The van der Waals surface area contributed by atoms with E-state index in [1.165, 1.54) is 19.3 Å². The van der Waals surface area contributed by atoms with Crippen LogP contribution < -0.4 is 22.4 Å². The lowest BCUT2D eigenvalue weighted by atomic mass is 10.1. The number of rotatable bonds is 9. The van der Waals surface area contributed by atoms with Crippen LogP contribution in [-0.4, -0.2) is 32.7 Å². The molecule has 158 valence electrons. The van der Waals surface area contributed by atoms with Crippen molar-refractivity contribution in [3.8, 4) is 0 Å². The van der Waals surface area contributed by atoms with Gasteiger partial charge in [-0.1, -0.05) is 24.3 Å². The van der Waals surface area contributed by atoms with Crippen molar-refractivity contribution in [2.75, 3.05) is 7.11 Å². The molecule has 0 radical (unpaired) electrons. The minimum absolute atomic E-state index is 0.108. The zero-order valence-electron chi connectivity index (χ0n) is 16.5. The molecule has 0 aliphatic heterocycles. The molecule has 2 aromatic rings. The quantitative estimate of drug-likeness (QED) is 0.442. The Hall–Kier alpha value is -3.95. The summed E-state index contributed by atoms with van der Waals surface area (Å²) in [7, 11) is 1.28. The first-order chi connectivity index (χ1) is 14.3. The van der Waals surface area contributed by atoms with Gasteiger partial charge in [0.15, 0.2) is 0 Å². The summed E-state index contributed by atoms with van der Waals surface area (Å²) in [6.45, 7) is 6.31. The summed E-state index contributed by atoms with van der Waals surface area (Å²) in [4.78, 5) is 61.1. The third-order valence-electron chi connectivity index (χ3n) is 4.18. The maximum Gasteiger partial charge on any atom is 0.337 e. The molecule has 1 heterocycles. The molecule has 1 amide bonds. The van der Waals surface area contributed by atoms with Crippen molar-refractivity contribution in [2.24, 2.45) is 0 Å². The van der Waals surface area contributed by atoms with Crippen LogP contribution >= 0.6 is 0 Å². The minimum Gasteiger partial charge on any atom is -0.465 e. The fraction of sp³-hybridized carbons (Fsp3) is 0.250. The summed E-state index contributed by atoms with van der Waals surface area (Å²) in [5, 5.41) is 2.59. The SMILES string of the molecule is C=CCn1c(=O)n(CC=C)c(=O)n(CC(=O)NCc2ccc(C(=O)OC)cc2)c1=O. The fourth-order valence-corrected chi connectivity index (χ4v) is 2.67. The highest BCUT2D eigenvalue weighted by Crippen LogP contribution is 2.05. The lowest BCUT2D eigenvalue weighted by molar-refractivity contribution is -0.122. The Labute approximate surface area is 171 Å². The van der Waals surface area contributed by atoms with Gasteiger partial charge in [0.25, 0.3) is 0 Å². The van der Waals surface area contributed by atoms with Crippen molar-refractivity contribution in [2.45, 2.75) is 26.2 Å². The van der Waals surface area contributed by atoms with E-state index >= 15 is 0 Å². The number of amides is 1. The lowest BCUT2D eigenvalue weighted by Crippen LogP contribution is -2.55. The maximum absolute atomic E-state index is 12.5. The topological polar surface area (TPSA) is 121 Å². The number of nitrogens with one attached hydrogen (secondary N) is 1. The molecule has 0 unspecified atom stereocenters. The third kappa shape index (κ3) is 4.90. The Kier molecular flexibility index (Phi) is 7.45. The van der Waals surface area contributed by atoms with E-state index in [0.717, 1.165) is 9.13 Å². The summed E-state index contributed by atoms with van der Waals surface area (Å²) < 4.78 is 6.93. The standard InChI is InChI=1S/C20H22N4O6/c1-4-10-22-18(27)23(11-5-2)20(29)24(19(22)28)13-16(25)21-12-14-6-8-15(9-7-14)17(26)30-3/h4-9H,1-2,10-13H2,3H3,(H,21,25). The molecule has 2 rings (SSSR count). The second kappa shape index (κ2) is 10.0. The Morgan fingerprint density at radius 3 is 1.90 bits per heavy atom. The van der Waals surface area contributed by atoms with Gasteiger partial charge in [-0.05, 0) is 17.7 Å². The van der Waals surface area contributed by atoms with Crippen LogP contribution in [0, 0.1) is 0 Å². The van der Waals surface area contributed by atoms with Gasteiger partial charge >= 0.3 is 23.0 Å². The predicted octanol–water partition coefficient (Wildman–Crippen LogP) is -0.353. The molecular weight excluding hydrogens is 392 g/mol. The smallest absolute Gasteiger partial charge is 0.337 e. The highest BCUT2D eigenvalue weighted by molar-refractivity contribution is 5.89. The van der Waals surface area contributed by atoms with Crippen LogP contribution in [0.4, 0.5) is 0 Å². The van der Waals surface area contributed by atoms with Gasteiger partial charge in [0.05, 0.1) is 25.8 Å². The molecule has 0 atom stereocenters. The van der Waals surface area contributed by atoms with E-state index in [4.69, 9.17) is 0 Å². The first-order valence-corrected chi connectivity index (χ1v) is 8.94. The number of allylic oxidation sites excluding steroid dienone is 2. The maximum atomic E-state index is 12.5. The number of hydrogen-bond acceptors (Lipinski definition) is 6. The summed E-state index contributed by atoms with van der Waals surface area (Å²) >= 11 is 0. The highest BCUT2D eigenvalue weighted by atomic mass is 16.5. The van der Waals surface area contributed by atoms with Crippen molar-refractivity contribution in [1.29, 1.82) is 0 Å². The highest BCUT2D eigenvalue weighted by Gasteiger charge is 2.16. The van der Waals surface area contributed by atoms with E-state index in [1.54, 1.807) is 24.3 Å². The zero-order chi connectivity index (χ0) is 22.3. The molecule has 0 aliphatic rings. The van der Waals surface area contributed by atoms with Gasteiger partial charge < -0.3 is 10.1 Å². The minimum atomic E-state index is -0.900. The van der Waals surface area contributed by atoms with Crippen LogP contribution in [0.25, 0.3) is 0 Å². The first kappa shape index (κ1) is 22.3. The van der Waals surface area contributed by atoms with Gasteiger partial charge in [0.2, 0.25) is 5.91 Å². The predicted molar refractivity (Wildman–Crippen MR) is 109 cm³/mol. The van der Waals surface area contributed by atoms with Gasteiger partial charge in [-0.2, -0.15) is 0 Å². The molecule has 1 aromatic carbocycles. The number of aromatic nitrogens is 3. The molecule has 0 fully saturated rings. The van der Waals surface area contributed by atoms with Gasteiger partial charge in [-0.25, -0.2) is 32.9 Å². The Morgan fingerprint density at radius 1 is 0.933 bits per heavy atom. The number of hydrogen-bond donors (Lipinski definition) is 1. The molecule has 1 N–H and O–H groups in total. The molecule has 10 heteroatoms. The average molecular weight is 414 g/mol. The number of benzene rings is 1. The molecule has 0 aliphatic carbocycles. The van der Waals surface area contributed by atoms with E-state index in [9.17, 15) is 24.0 Å². The van der Waals surface area contributed by atoms with Gasteiger partial charge in [0, 0.05) is 6.54 Å². The summed E-state index contributed by atoms with van der Waals surface area (Å²) in [6, 6.07) is 6.38. The molecule has 30 heavy (non-hydrogen) atoms. The second-order valence-corrected chi connectivity index (χ2v) is 6.20. The number of carbonyl (C=O) groups excluding carboxylic acids is 2. The van der Waals surface area contributed by atoms with Crippen LogP contribution in [0.1, 0.15) is 15.9 Å². The Balaban J connectivity index is 2.22. The number of esters is 1. The summed E-state index contributed by atoms with van der Waals surface area (Å²) in [5.74, 6) is -1.07. The molecule has 0 saturated heterocycles. The molecular formula is C20H22N4O6. The third-order valence-corrected chi connectivity index (χ3v) is 4.18. The first-order valence-electron chi connectivity index (χ1n) is 8.94. The Morgan fingerprint density at radius 2 is 1.43 bits per heavy atom. The van der Waals surface area contributed by atoms with Crippen molar-refractivity contribution in [1.82, 2.24) is 19.0 Å². The molecule has 10 nitrogen and oxygen atoms in total. The van der Waals surface area contributed by atoms with Gasteiger partial charge in [0.1, 0.15) is 6.54 Å². The van der Waals surface area contributed by atoms with E-state index in [2.05, 4.69) is 23.2 Å². The van der Waals surface area contributed by atoms with Crippen LogP contribution in [0.5, 0.6) is 0 Å².